The van der Waals surface area contributed by atoms with E-state index in [1.165, 1.54) is 21.3 Å². The van der Waals surface area contributed by atoms with Crippen molar-refractivity contribution in [1.82, 2.24) is 4.90 Å². The fourth-order valence-corrected chi connectivity index (χ4v) is 6.36. The van der Waals surface area contributed by atoms with Crippen LogP contribution in [0, 0.1) is 10.1 Å². The maximum Gasteiger partial charge on any atom is 0.252 e. The van der Waals surface area contributed by atoms with Crippen molar-refractivity contribution >= 4 is 11.6 Å². The number of amides is 1. The van der Waals surface area contributed by atoms with Crippen molar-refractivity contribution in [3.05, 3.63) is 57.6 Å². The van der Waals surface area contributed by atoms with Gasteiger partial charge in [0.25, 0.3) is 5.91 Å². The Morgan fingerprint density at radius 3 is 2.36 bits per heavy atom. The second kappa shape index (κ2) is 7.62. The van der Waals surface area contributed by atoms with E-state index < -0.39 is 17.5 Å². The molecule has 3 heterocycles. The summed E-state index contributed by atoms with van der Waals surface area (Å²) in [4.78, 5) is 30.2. The maximum absolute atomic E-state index is 14.1. The largest absolute Gasteiger partial charge is 0.493 e. The van der Waals surface area contributed by atoms with E-state index in [0.29, 0.717) is 35.8 Å². The summed E-state index contributed by atoms with van der Waals surface area (Å²) in [5.41, 5.74) is 1.05. The van der Waals surface area contributed by atoms with E-state index in [-0.39, 0.29) is 16.9 Å². The molecule has 2 aromatic carbocycles. The minimum atomic E-state index is -1.17. The first kappa shape index (κ1) is 21.5. The fraction of sp³-hybridized carbons (Fsp3) is 0.458. The molecule has 5 rings (SSSR count). The summed E-state index contributed by atoms with van der Waals surface area (Å²) in [7, 11) is 6.28. The van der Waals surface area contributed by atoms with Crippen LogP contribution < -0.4 is 19.1 Å². The van der Waals surface area contributed by atoms with Crippen LogP contribution in [0.1, 0.15) is 29.9 Å². The van der Waals surface area contributed by atoms with Crippen molar-refractivity contribution < 1.29 is 23.9 Å². The highest BCUT2D eigenvalue weighted by atomic mass is 16.6. The van der Waals surface area contributed by atoms with Gasteiger partial charge < -0.3 is 19.1 Å². The van der Waals surface area contributed by atoms with Crippen LogP contribution >= 0.6 is 0 Å². The highest BCUT2D eigenvalue weighted by molar-refractivity contribution is 6.08. The predicted molar refractivity (Wildman–Crippen MR) is 121 cm³/mol. The van der Waals surface area contributed by atoms with Crippen molar-refractivity contribution in [2.24, 2.45) is 0 Å². The highest BCUT2D eigenvalue weighted by Gasteiger charge is 2.72. The van der Waals surface area contributed by atoms with Gasteiger partial charge in [-0.15, -0.1) is 0 Å². The van der Waals surface area contributed by atoms with Crippen molar-refractivity contribution in [3.8, 4) is 17.2 Å². The minimum absolute atomic E-state index is 0.140. The lowest BCUT2D eigenvalue weighted by molar-refractivity contribution is -0.527. The Balaban J connectivity index is 1.83. The van der Waals surface area contributed by atoms with E-state index in [4.69, 9.17) is 14.2 Å². The lowest BCUT2D eigenvalue weighted by Crippen LogP contribution is -2.52. The summed E-state index contributed by atoms with van der Waals surface area (Å²) in [6.45, 7) is 0.629. The van der Waals surface area contributed by atoms with Gasteiger partial charge in [-0.1, -0.05) is 18.2 Å². The first-order valence-corrected chi connectivity index (χ1v) is 11.0. The number of rotatable bonds is 5. The van der Waals surface area contributed by atoms with E-state index in [1.54, 1.807) is 24.1 Å². The maximum atomic E-state index is 14.1. The van der Waals surface area contributed by atoms with Gasteiger partial charge >= 0.3 is 0 Å². The molecule has 2 aromatic rings. The average molecular weight is 453 g/mol. The summed E-state index contributed by atoms with van der Waals surface area (Å²) < 4.78 is 16.6. The van der Waals surface area contributed by atoms with E-state index in [9.17, 15) is 14.9 Å². The standard InChI is InChI=1S/C24H27N3O6/c1-25-16-9-6-5-8-15(16)24(23(25)28)20(21(27(29)30)17-10-7-11-26(17)24)14-12-18(31-2)22(33-4)19(13-14)32-3/h5-6,8-9,12-13,17,20-21H,7,10-11H2,1-4H3/t17-,20-,21+,24-/m0/s1. The third kappa shape index (κ3) is 2.65. The molecular formula is C24H27N3O6. The average Bonchev–Trinajstić information content (AvgIpc) is 3.47. The lowest BCUT2D eigenvalue weighted by Gasteiger charge is -2.37. The summed E-state index contributed by atoms with van der Waals surface area (Å²) in [5, 5.41) is 12.6. The molecule has 0 bridgehead atoms. The number of para-hydroxylation sites is 1. The molecule has 33 heavy (non-hydrogen) atoms. The number of anilines is 1. The van der Waals surface area contributed by atoms with Crippen LogP contribution in [0.2, 0.25) is 0 Å². The molecule has 9 nitrogen and oxygen atoms in total. The quantitative estimate of drug-likeness (QED) is 0.508. The molecule has 0 aromatic heterocycles. The number of hydrogen-bond acceptors (Lipinski definition) is 7. The second-order valence-corrected chi connectivity index (χ2v) is 8.76. The Morgan fingerprint density at radius 1 is 1.09 bits per heavy atom. The zero-order valence-corrected chi connectivity index (χ0v) is 19.1. The Hall–Kier alpha value is -3.33. The van der Waals surface area contributed by atoms with Crippen LogP contribution in [0.5, 0.6) is 17.2 Å². The number of nitrogens with zero attached hydrogens (tertiary/aromatic N) is 3. The van der Waals surface area contributed by atoms with E-state index in [0.717, 1.165) is 17.7 Å². The second-order valence-electron chi connectivity index (χ2n) is 8.76. The molecule has 2 saturated heterocycles. The van der Waals surface area contributed by atoms with Gasteiger partial charge in [-0.3, -0.25) is 19.8 Å². The molecule has 0 aliphatic carbocycles. The minimum Gasteiger partial charge on any atom is -0.493 e. The zero-order valence-electron chi connectivity index (χ0n) is 19.1. The molecule has 0 N–H and O–H groups in total. The molecule has 0 saturated carbocycles. The van der Waals surface area contributed by atoms with Gasteiger partial charge in [-0.05, 0) is 36.6 Å². The molecule has 1 spiro atoms. The number of fused-ring (bicyclic) bond motifs is 4. The third-order valence-electron chi connectivity index (χ3n) is 7.53. The van der Waals surface area contributed by atoms with Gasteiger partial charge in [0.2, 0.25) is 11.8 Å². The van der Waals surface area contributed by atoms with Crippen LogP contribution in [-0.4, -0.2) is 62.7 Å². The number of methoxy groups -OCH3 is 3. The SMILES string of the molecule is COc1cc([C@H]2[C@H]([N+](=O)[O-])[C@@H]3CCCN3[C@]23C(=O)N(C)c2ccccc23)cc(OC)c1OC. The van der Waals surface area contributed by atoms with Gasteiger partial charge in [0.1, 0.15) is 5.54 Å². The highest BCUT2D eigenvalue weighted by Crippen LogP contribution is 2.61. The van der Waals surface area contributed by atoms with Crippen LogP contribution in [0.4, 0.5) is 5.69 Å². The molecule has 9 heteroatoms. The van der Waals surface area contributed by atoms with E-state index >= 15 is 0 Å². The number of ether oxygens (including phenoxy) is 3. The Morgan fingerprint density at radius 2 is 1.76 bits per heavy atom. The van der Waals surface area contributed by atoms with Crippen LogP contribution in [-0.2, 0) is 10.3 Å². The normalized spacial score (nSPS) is 28.2. The van der Waals surface area contributed by atoms with Crippen LogP contribution in [0.25, 0.3) is 0 Å². The molecule has 4 atom stereocenters. The topological polar surface area (TPSA) is 94.4 Å². The monoisotopic (exact) mass is 453 g/mol. The van der Waals surface area contributed by atoms with Gasteiger partial charge in [-0.2, -0.15) is 0 Å². The molecule has 2 fully saturated rings. The van der Waals surface area contributed by atoms with Crippen molar-refractivity contribution in [2.75, 3.05) is 39.8 Å². The molecular weight excluding hydrogens is 426 g/mol. The van der Waals surface area contributed by atoms with Crippen molar-refractivity contribution in [3.63, 3.8) is 0 Å². The van der Waals surface area contributed by atoms with E-state index in [2.05, 4.69) is 4.90 Å². The molecule has 0 unspecified atom stereocenters. The Kier molecular flexibility index (Phi) is 4.97. The Labute approximate surface area is 192 Å². The van der Waals surface area contributed by atoms with Gasteiger partial charge in [0.15, 0.2) is 11.5 Å². The molecule has 3 aliphatic rings. The summed E-state index contributed by atoms with van der Waals surface area (Å²) >= 11 is 0. The third-order valence-corrected chi connectivity index (χ3v) is 7.53. The summed E-state index contributed by atoms with van der Waals surface area (Å²) in [5.74, 6) is 0.347. The van der Waals surface area contributed by atoms with Gasteiger partial charge in [-0.25, -0.2) is 0 Å². The lowest BCUT2D eigenvalue weighted by atomic mass is 9.73. The number of likely N-dealkylation sites (N-methyl/N-ethyl adjacent to an activating group) is 1. The van der Waals surface area contributed by atoms with Gasteiger partial charge in [0, 0.05) is 29.8 Å². The zero-order chi connectivity index (χ0) is 23.5. The number of nitro groups is 1. The number of carbonyl (C=O) groups excluding carboxylic acids is 1. The molecule has 174 valence electrons. The van der Waals surface area contributed by atoms with Crippen molar-refractivity contribution in [1.29, 1.82) is 0 Å². The Bertz CT molecular complexity index is 1110. The van der Waals surface area contributed by atoms with Crippen LogP contribution in [0.3, 0.4) is 0 Å². The number of benzene rings is 2. The molecule has 1 amide bonds. The summed E-state index contributed by atoms with van der Waals surface area (Å²) in [6, 6.07) is 9.81. The predicted octanol–water partition coefficient (Wildman–Crippen LogP) is 2.79. The fourth-order valence-electron chi connectivity index (χ4n) is 6.36. The number of hydrogen-bond donors (Lipinski definition) is 0. The summed E-state index contributed by atoms with van der Waals surface area (Å²) in [6.07, 6.45) is 1.49. The smallest absolute Gasteiger partial charge is 0.252 e. The first-order valence-electron chi connectivity index (χ1n) is 11.0. The molecule has 3 aliphatic heterocycles. The van der Waals surface area contributed by atoms with Crippen molar-refractivity contribution in [2.45, 2.75) is 36.4 Å². The first-order chi connectivity index (χ1) is 15.9. The number of carbonyl (C=O) groups is 1. The van der Waals surface area contributed by atoms with Gasteiger partial charge in [0.05, 0.1) is 33.3 Å². The van der Waals surface area contributed by atoms with Crippen LogP contribution in [0.15, 0.2) is 36.4 Å². The van der Waals surface area contributed by atoms with E-state index in [1.807, 2.05) is 24.3 Å². The molecule has 0 radical (unpaired) electrons.